The van der Waals surface area contributed by atoms with Crippen LogP contribution >= 0.6 is 11.3 Å². The summed E-state index contributed by atoms with van der Waals surface area (Å²) in [5.41, 5.74) is 1.84. The van der Waals surface area contributed by atoms with E-state index in [1.54, 1.807) is 31.6 Å². The lowest BCUT2D eigenvalue weighted by atomic mass is 10.1. The Morgan fingerprint density at radius 3 is 2.82 bits per heavy atom. The Morgan fingerprint density at radius 2 is 2.18 bits per heavy atom. The first-order valence-corrected chi connectivity index (χ1v) is 10.2. The summed E-state index contributed by atoms with van der Waals surface area (Å²) in [6.45, 7) is 6.04. The highest BCUT2D eigenvalue weighted by atomic mass is 32.1. The fourth-order valence-electron chi connectivity index (χ4n) is 2.63. The van der Waals surface area contributed by atoms with Crippen LogP contribution in [0, 0.1) is 0 Å². The fraction of sp³-hybridized carbons (Fsp3) is 0.500. The lowest BCUT2D eigenvalue weighted by Crippen LogP contribution is -2.38. The molecule has 0 bridgehead atoms. The molecule has 2 rings (SSSR count). The zero-order chi connectivity index (χ0) is 20.5. The standard InChI is InChI=1S/C20H30N4O3S/c1-6-21-20(22-10-9-15-7-8-17(27-5)11-18(15)25)24(3)12-16-13-28-19(23-16)14(2)26-4/h7-8,11,13-14,25H,6,9-10,12H2,1-5H3,(H,21,22). The number of nitrogens with one attached hydrogen (secondary N) is 1. The van der Waals surface area contributed by atoms with Crippen molar-refractivity contribution in [1.29, 1.82) is 0 Å². The zero-order valence-corrected chi connectivity index (χ0v) is 18.0. The lowest BCUT2D eigenvalue weighted by molar-refractivity contribution is 0.119. The van der Waals surface area contributed by atoms with Gasteiger partial charge in [-0.3, -0.25) is 4.99 Å². The van der Waals surface area contributed by atoms with Crippen LogP contribution in [0.1, 0.15) is 36.2 Å². The van der Waals surface area contributed by atoms with Gasteiger partial charge in [0.25, 0.3) is 0 Å². The van der Waals surface area contributed by atoms with Crippen LogP contribution in [0.15, 0.2) is 28.6 Å². The van der Waals surface area contributed by atoms with E-state index in [9.17, 15) is 5.11 Å². The summed E-state index contributed by atoms with van der Waals surface area (Å²) >= 11 is 1.61. The second-order valence-corrected chi connectivity index (χ2v) is 7.28. The number of hydrogen-bond acceptors (Lipinski definition) is 6. The van der Waals surface area contributed by atoms with Crippen molar-refractivity contribution < 1.29 is 14.6 Å². The number of aromatic hydroxyl groups is 1. The Hall–Kier alpha value is -2.32. The van der Waals surface area contributed by atoms with E-state index in [1.165, 1.54) is 0 Å². The van der Waals surface area contributed by atoms with E-state index in [2.05, 4.69) is 20.7 Å². The lowest BCUT2D eigenvalue weighted by Gasteiger charge is -2.21. The number of aromatic nitrogens is 1. The van der Waals surface area contributed by atoms with Gasteiger partial charge in [0.05, 0.1) is 19.3 Å². The third kappa shape index (κ3) is 6.10. The number of nitrogens with zero attached hydrogens (tertiary/aromatic N) is 3. The van der Waals surface area contributed by atoms with Gasteiger partial charge >= 0.3 is 0 Å². The van der Waals surface area contributed by atoms with Gasteiger partial charge in [-0.25, -0.2) is 4.98 Å². The second kappa shape index (κ2) is 10.9. The Morgan fingerprint density at radius 1 is 1.39 bits per heavy atom. The summed E-state index contributed by atoms with van der Waals surface area (Å²) in [6.07, 6.45) is 0.647. The van der Waals surface area contributed by atoms with Crippen LogP contribution < -0.4 is 10.1 Å². The monoisotopic (exact) mass is 406 g/mol. The molecule has 0 aliphatic rings. The molecule has 0 fully saturated rings. The van der Waals surface area contributed by atoms with E-state index in [0.29, 0.717) is 25.3 Å². The molecule has 154 valence electrons. The first-order chi connectivity index (χ1) is 13.5. The third-order valence-electron chi connectivity index (χ3n) is 4.30. The first-order valence-electron chi connectivity index (χ1n) is 9.30. The van der Waals surface area contributed by atoms with E-state index < -0.39 is 0 Å². The van der Waals surface area contributed by atoms with Gasteiger partial charge in [-0.05, 0) is 31.9 Å². The van der Waals surface area contributed by atoms with Crippen LogP contribution in [-0.2, 0) is 17.7 Å². The highest BCUT2D eigenvalue weighted by molar-refractivity contribution is 7.09. The molecule has 0 aliphatic heterocycles. The SMILES string of the molecule is CCNC(=NCCc1ccc(OC)cc1O)N(C)Cc1csc(C(C)OC)n1. The summed E-state index contributed by atoms with van der Waals surface area (Å²) in [7, 11) is 5.26. The number of thiazole rings is 1. The van der Waals surface area contributed by atoms with E-state index in [-0.39, 0.29) is 11.9 Å². The van der Waals surface area contributed by atoms with Crippen molar-refractivity contribution in [3.05, 3.63) is 39.8 Å². The average molecular weight is 407 g/mol. The predicted octanol–water partition coefficient (Wildman–Crippen LogP) is 3.20. The van der Waals surface area contributed by atoms with Crippen molar-refractivity contribution in [3.63, 3.8) is 0 Å². The van der Waals surface area contributed by atoms with Gasteiger partial charge in [0.2, 0.25) is 0 Å². The van der Waals surface area contributed by atoms with Gasteiger partial charge in [0.15, 0.2) is 5.96 Å². The van der Waals surface area contributed by atoms with Crippen molar-refractivity contribution in [3.8, 4) is 11.5 Å². The largest absolute Gasteiger partial charge is 0.508 e. The maximum atomic E-state index is 10.1. The molecule has 0 radical (unpaired) electrons. The van der Waals surface area contributed by atoms with Crippen LogP contribution in [0.2, 0.25) is 0 Å². The normalized spacial score (nSPS) is 12.7. The smallest absolute Gasteiger partial charge is 0.194 e. The number of benzene rings is 1. The molecule has 0 saturated heterocycles. The van der Waals surface area contributed by atoms with Gasteiger partial charge in [-0.15, -0.1) is 11.3 Å². The molecule has 0 aliphatic carbocycles. The Kier molecular flexibility index (Phi) is 8.53. The van der Waals surface area contributed by atoms with Crippen LogP contribution in [0.5, 0.6) is 11.5 Å². The molecular formula is C20H30N4O3S. The van der Waals surface area contributed by atoms with Crippen LogP contribution in [0.4, 0.5) is 0 Å². The van der Waals surface area contributed by atoms with Crippen LogP contribution in [0.25, 0.3) is 0 Å². The maximum Gasteiger partial charge on any atom is 0.194 e. The average Bonchev–Trinajstić information content (AvgIpc) is 3.16. The van der Waals surface area contributed by atoms with E-state index in [4.69, 9.17) is 9.47 Å². The molecule has 1 atom stereocenters. The molecule has 0 amide bonds. The van der Waals surface area contributed by atoms with Gasteiger partial charge < -0.3 is 24.8 Å². The van der Waals surface area contributed by atoms with Gasteiger partial charge in [0.1, 0.15) is 22.6 Å². The number of methoxy groups -OCH3 is 2. The number of phenolic OH excluding ortho intramolecular Hbond substituents is 1. The fourth-order valence-corrected chi connectivity index (χ4v) is 3.48. The van der Waals surface area contributed by atoms with Crippen molar-refractivity contribution in [2.75, 3.05) is 34.4 Å². The maximum absolute atomic E-state index is 10.1. The number of guanidine groups is 1. The number of rotatable bonds is 9. The van der Waals surface area contributed by atoms with Crippen molar-refractivity contribution in [1.82, 2.24) is 15.2 Å². The molecule has 1 heterocycles. The highest BCUT2D eigenvalue weighted by Gasteiger charge is 2.13. The van der Waals surface area contributed by atoms with Crippen LogP contribution in [-0.4, -0.2) is 55.3 Å². The molecule has 0 saturated carbocycles. The minimum absolute atomic E-state index is 0.00290. The Bertz CT molecular complexity index is 779. The molecule has 1 aromatic carbocycles. The Labute approximate surface area is 171 Å². The molecule has 0 spiro atoms. The van der Waals surface area contributed by atoms with Gasteiger partial charge in [-0.2, -0.15) is 0 Å². The molecule has 7 nitrogen and oxygen atoms in total. The minimum atomic E-state index is 0.00290. The second-order valence-electron chi connectivity index (χ2n) is 6.39. The number of ether oxygens (including phenoxy) is 2. The number of aliphatic imine (C=N–C) groups is 1. The summed E-state index contributed by atoms with van der Waals surface area (Å²) in [5, 5.41) is 16.4. The van der Waals surface area contributed by atoms with E-state index in [0.717, 1.165) is 28.8 Å². The van der Waals surface area contributed by atoms with Crippen molar-refractivity contribution >= 4 is 17.3 Å². The summed E-state index contributed by atoms with van der Waals surface area (Å²) in [6, 6.07) is 5.34. The van der Waals surface area contributed by atoms with Gasteiger partial charge in [-0.1, -0.05) is 6.07 Å². The quantitative estimate of drug-likeness (QED) is 0.492. The Balaban J connectivity index is 1.99. The van der Waals surface area contributed by atoms with E-state index >= 15 is 0 Å². The zero-order valence-electron chi connectivity index (χ0n) is 17.2. The molecule has 1 aromatic heterocycles. The number of hydrogen-bond donors (Lipinski definition) is 2. The molecule has 28 heavy (non-hydrogen) atoms. The molecule has 8 heteroatoms. The molecule has 1 unspecified atom stereocenters. The summed E-state index contributed by atoms with van der Waals surface area (Å²) in [4.78, 5) is 11.4. The predicted molar refractivity (Wildman–Crippen MR) is 113 cm³/mol. The van der Waals surface area contributed by atoms with Crippen molar-refractivity contribution in [2.24, 2.45) is 4.99 Å². The third-order valence-corrected chi connectivity index (χ3v) is 5.36. The summed E-state index contributed by atoms with van der Waals surface area (Å²) < 4.78 is 10.4. The molecule has 2 N–H and O–H groups in total. The molecular weight excluding hydrogens is 376 g/mol. The van der Waals surface area contributed by atoms with Crippen LogP contribution in [0.3, 0.4) is 0 Å². The highest BCUT2D eigenvalue weighted by Crippen LogP contribution is 2.24. The topological polar surface area (TPSA) is 79.2 Å². The molecule has 2 aromatic rings. The first kappa shape index (κ1) is 22.0. The van der Waals surface area contributed by atoms with Crippen molar-refractivity contribution in [2.45, 2.75) is 32.9 Å². The number of phenols is 1. The van der Waals surface area contributed by atoms with Gasteiger partial charge in [0, 0.05) is 38.7 Å². The van der Waals surface area contributed by atoms with E-state index in [1.807, 2.05) is 37.9 Å². The minimum Gasteiger partial charge on any atom is -0.508 e. The summed E-state index contributed by atoms with van der Waals surface area (Å²) in [5.74, 6) is 1.68.